The number of nitrogens with one attached hydrogen (secondary N) is 2. The maximum absolute atomic E-state index is 5.52. The Morgan fingerprint density at radius 2 is 1.71 bits per heavy atom. The molecule has 1 aromatic rings. The minimum Gasteiger partial charge on any atom is -0.379 e. The summed E-state index contributed by atoms with van der Waals surface area (Å²) in [6.07, 6.45) is 0.912. The Hall–Kier alpha value is -1.18. The average molecular weight is 336 g/mol. The van der Waals surface area contributed by atoms with E-state index in [-0.39, 0.29) is 0 Å². The maximum atomic E-state index is 5.52. The van der Waals surface area contributed by atoms with Crippen LogP contribution in [-0.4, -0.2) is 65.7 Å². The summed E-state index contributed by atoms with van der Waals surface area (Å²) < 4.78 is 10.9. The molecule has 0 spiro atoms. The lowest BCUT2D eigenvalue weighted by Gasteiger charge is -2.29. The molecule has 1 aliphatic rings. The van der Waals surface area contributed by atoms with Crippen LogP contribution in [0.25, 0.3) is 0 Å². The summed E-state index contributed by atoms with van der Waals surface area (Å²) in [7, 11) is 0. The van der Waals surface area contributed by atoms with Crippen molar-refractivity contribution in [3.8, 4) is 0 Å². The number of anilines is 1. The highest BCUT2D eigenvalue weighted by molar-refractivity contribution is 5.48. The molecule has 1 aromatic carbocycles. The van der Waals surface area contributed by atoms with Gasteiger partial charge in [-0.3, -0.25) is 0 Å². The van der Waals surface area contributed by atoms with E-state index in [1.165, 1.54) is 11.3 Å². The zero-order valence-corrected chi connectivity index (χ0v) is 14.6. The number of piperazine rings is 1. The van der Waals surface area contributed by atoms with Gasteiger partial charge in [0, 0.05) is 51.6 Å². The third kappa shape index (κ3) is 7.59. The molecule has 0 bridgehead atoms. The first-order valence-corrected chi connectivity index (χ1v) is 9.01. The number of nitrogens with zero attached hydrogens (tertiary/aromatic N) is 1. The summed E-state index contributed by atoms with van der Waals surface area (Å²) >= 11 is 0. The van der Waals surface area contributed by atoms with Crippen molar-refractivity contribution in [2.24, 2.45) is 5.73 Å². The molecule has 4 N–H and O–H groups in total. The summed E-state index contributed by atoms with van der Waals surface area (Å²) in [5.41, 5.74) is 8.02. The molecule has 0 unspecified atom stereocenters. The molecule has 1 saturated heterocycles. The lowest BCUT2D eigenvalue weighted by atomic mass is 10.2. The van der Waals surface area contributed by atoms with E-state index in [1.54, 1.807) is 0 Å². The van der Waals surface area contributed by atoms with Gasteiger partial charge in [-0.2, -0.15) is 0 Å². The van der Waals surface area contributed by atoms with Crippen molar-refractivity contribution in [2.45, 2.75) is 13.0 Å². The van der Waals surface area contributed by atoms with E-state index in [9.17, 15) is 0 Å². The van der Waals surface area contributed by atoms with Gasteiger partial charge in [-0.1, -0.05) is 12.1 Å². The first kappa shape index (κ1) is 19.1. The lowest BCUT2D eigenvalue weighted by Crippen LogP contribution is -2.43. The first-order valence-electron chi connectivity index (χ1n) is 9.01. The van der Waals surface area contributed by atoms with Crippen LogP contribution in [0.5, 0.6) is 0 Å². The molecule has 136 valence electrons. The van der Waals surface area contributed by atoms with Gasteiger partial charge in [0.25, 0.3) is 0 Å². The van der Waals surface area contributed by atoms with E-state index in [1.807, 2.05) is 0 Å². The first-order chi connectivity index (χ1) is 11.9. The summed E-state index contributed by atoms with van der Waals surface area (Å²) in [6, 6.07) is 8.85. The van der Waals surface area contributed by atoms with Gasteiger partial charge < -0.3 is 30.7 Å². The van der Waals surface area contributed by atoms with Crippen LogP contribution in [0.3, 0.4) is 0 Å². The second-order valence-corrected chi connectivity index (χ2v) is 5.95. The zero-order valence-electron chi connectivity index (χ0n) is 14.6. The summed E-state index contributed by atoms with van der Waals surface area (Å²) in [6.45, 7) is 9.44. The predicted octanol–water partition coefficient (Wildman–Crippen LogP) is 0.568. The molecule has 6 nitrogen and oxygen atoms in total. The third-order valence-electron chi connectivity index (χ3n) is 4.04. The fourth-order valence-electron chi connectivity index (χ4n) is 2.63. The van der Waals surface area contributed by atoms with Crippen LogP contribution in [0, 0.1) is 0 Å². The second kappa shape index (κ2) is 12.2. The summed E-state index contributed by atoms with van der Waals surface area (Å²) in [5.74, 6) is 0. The van der Waals surface area contributed by atoms with E-state index in [4.69, 9.17) is 15.2 Å². The molecular weight excluding hydrogens is 304 g/mol. The zero-order chi connectivity index (χ0) is 16.9. The number of rotatable bonds is 12. The highest BCUT2D eigenvalue weighted by atomic mass is 16.5. The van der Waals surface area contributed by atoms with Gasteiger partial charge in [-0.05, 0) is 30.7 Å². The van der Waals surface area contributed by atoms with Crippen LogP contribution >= 0.6 is 0 Å². The Balaban J connectivity index is 1.50. The van der Waals surface area contributed by atoms with Crippen molar-refractivity contribution in [3.05, 3.63) is 29.8 Å². The number of nitrogens with two attached hydrogens (primary N) is 1. The Labute approximate surface area is 145 Å². The largest absolute Gasteiger partial charge is 0.379 e. The van der Waals surface area contributed by atoms with Crippen molar-refractivity contribution >= 4 is 5.69 Å². The molecule has 0 saturated carbocycles. The lowest BCUT2D eigenvalue weighted by molar-refractivity contribution is 0.0484. The standard InChI is InChI=1S/C18H32N4O2/c19-6-1-12-23-14-15-24-13-9-21-16-17-2-4-18(5-3-17)22-10-7-20-8-11-22/h2-5,20-21H,1,6-16,19H2. The van der Waals surface area contributed by atoms with E-state index >= 15 is 0 Å². The maximum Gasteiger partial charge on any atom is 0.0701 e. The highest BCUT2D eigenvalue weighted by Crippen LogP contribution is 2.15. The van der Waals surface area contributed by atoms with Gasteiger partial charge >= 0.3 is 0 Å². The molecule has 0 atom stereocenters. The fourth-order valence-corrected chi connectivity index (χ4v) is 2.63. The van der Waals surface area contributed by atoms with E-state index in [0.29, 0.717) is 26.4 Å². The van der Waals surface area contributed by atoms with Gasteiger partial charge in [0.15, 0.2) is 0 Å². The topological polar surface area (TPSA) is 71.8 Å². The Kier molecular flexibility index (Phi) is 9.75. The monoisotopic (exact) mass is 336 g/mol. The smallest absolute Gasteiger partial charge is 0.0701 e. The van der Waals surface area contributed by atoms with Gasteiger partial charge in [-0.25, -0.2) is 0 Å². The van der Waals surface area contributed by atoms with Crippen LogP contribution in [0.2, 0.25) is 0 Å². The van der Waals surface area contributed by atoms with Crippen molar-refractivity contribution in [3.63, 3.8) is 0 Å². The fraction of sp³-hybridized carbons (Fsp3) is 0.667. The van der Waals surface area contributed by atoms with Crippen molar-refractivity contribution < 1.29 is 9.47 Å². The van der Waals surface area contributed by atoms with E-state index < -0.39 is 0 Å². The van der Waals surface area contributed by atoms with Crippen LogP contribution in [0.1, 0.15) is 12.0 Å². The Morgan fingerprint density at radius 3 is 2.42 bits per heavy atom. The number of benzene rings is 1. The van der Waals surface area contributed by atoms with Crippen molar-refractivity contribution in [1.29, 1.82) is 0 Å². The van der Waals surface area contributed by atoms with Gasteiger partial charge in [0.1, 0.15) is 0 Å². The van der Waals surface area contributed by atoms with Gasteiger partial charge in [0.2, 0.25) is 0 Å². The summed E-state index contributed by atoms with van der Waals surface area (Å²) in [5, 5.41) is 6.79. The minimum atomic E-state index is 0.644. The molecule has 1 aliphatic heterocycles. The predicted molar refractivity (Wildman–Crippen MR) is 98.5 cm³/mol. The van der Waals surface area contributed by atoms with Crippen molar-refractivity contribution in [1.82, 2.24) is 10.6 Å². The quantitative estimate of drug-likeness (QED) is 0.485. The van der Waals surface area contributed by atoms with Crippen molar-refractivity contribution in [2.75, 3.05) is 70.6 Å². The van der Waals surface area contributed by atoms with Crippen LogP contribution < -0.4 is 21.3 Å². The SMILES string of the molecule is NCCCOCCOCCNCc1ccc(N2CCNCC2)cc1. The summed E-state index contributed by atoms with van der Waals surface area (Å²) in [4.78, 5) is 2.43. The molecule has 6 heteroatoms. The molecule has 0 radical (unpaired) electrons. The Bertz CT molecular complexity index is 422. The molecule has 2 rings (SSSR count). The highest BCUT2D eigenvalue weighted by Gasteiger charge is 2.09. The normalized spacial score (nSPS) is 15.0. The Morgan fingerprint density at radius 1 is 1.00 bits per heavy atom. The second-order valence-electron chi connectivity index (χ2n) is 5.95. The molecule has 1 heterocycles. The van der Waals surface area contributed by atoms with Crippen LogP contribution in [-0.2, 0) is 16.0 Å². The van der Waals surface area contributed by atoms with E-state index in [0.717, 1.165) is 52.3 Å². The van der Waals surface area contributed by atoms with Crippen LogP contribution in [0.15, 0.2) is 24.3 Å². The van der Waals surface area contributed by atoms with Crippen LogP contribution in [0.4, 0.5) is 5.69 Å². The number of ether oxygens (including phenoxy) is 2. The van der Waals surface area contributed by atoms with Gasteiger partial charge in [0.05, 0.1) is 19.8 Å². The molecular formula is C18H32N4O2. The molecule has 1 fully saturated rings. The molecule has 0 aromatic heterocycles. The molecule has 0 amide bonds. The molecule has 0 aliphatic carbocycles. The average Bonchev–Trinajstić information content (AvgIpc) is 2.64. The van der Waals surface area contributed by atoms with E-state index in [2.05, 4.69) is 39.8 Å². The number of hydrogen-bond acceptors (Lipinski definition) is 6. The van der Waals surface area contributed by atoms with Gasteiger partial charge in [-0.15, -0.1) is 0 Å². The number of hydrogen-bond donors (Lipinski definition) is 3. The minimum absolute atomic E-state index is 0.644. The third-order valence-corrected chi connectivity index (χ3v) is 4.04. The molecule has 24 heavy (non-hydrogen) atoms.